The molecule has 0 heterocycles. The van der Waals surface area contributed by atoms with E-state index in [1.807, 2.05) is 30.3 Å². The van der Waals surface area contributed by atoms with E-state index in [9.17, 15) is 37.5 Å². The number of aromatic hydroxyl groups is 1. The molecule has 0 bridgehead atoms. The molecule has 16 nitrogen and oxygen atoms in total. The van der Waals surface area contributed by atoms with Gasteiger partial charge >= 0.3 is 12.1 Å². The van der Waals surface area contributed by atoms with Gasteiger partial charge in [-0.25, -0.2) is 4.79 Å². The zero-order valence-corrected chi connectivity index (χ0v) is 29.6. The molecule has 0 saturated heterocycles. The second-order valence-electron chi connectivity index (χ2n) is 12.2. The van der Waals surface area contributed by atoms with Crippen molar-refractivity contribution in [2.75, 3.05) is 13.1 Å². The summed E-state index contributed by atoms with van der Waals surface area (Å²) in [5.74, 6) is -5.26. The van der Waals surface area contributed by atoms with Crippen molar-refractivity contribution in [2.24, 2.45) is 33.7 Å². The molecule has 4 amide bonds. The third-order valence-corrected chi connectivity index (χ3v) is 7.79. The Morgan fingerprint density at radius 3 is 1.83 bits per heavy atom. The number of amides is 4. The van der Waals surface area contributed by atoms with Gasteiger partial charge in [-0.3, -0.25) is 24.2 Å². The van der Waals surface area contributed by atoms with Gasteiger partial charge in [-0.05, 0) is 86.9 Å². The highest BCUT2D eigenvalue weighted by molar-refractivity contribution is 5.94. The first-order valence-corrected chi connectivity index (χ1v) is 16.6. The summed E-state index contributed by atoms with van der Waals surface area (Å²) in [7, 11) is 0. The minimum atomic E-state index is -5.08. The van der Waals surface area contributed by atoms with Crippen LogP contribution in [0, 0.1) is 13.8 Å². The fraction of sp³-hybridized carbons (Fsp3) is 0.471. The number of benzene rings is 2. The van der Waals surface area contributed by atoms with Gasteiger partial charge in [0.05, 0.1) is 6.04 Å². The van der Waals surface area contributed by atoms with Crippen LogP contribution < -0.4 is 44.6 Å². The molecule has 0 aliphatic carbocycles. The SMILES string of the molecule is Cc1cc(O)cc(C)c1C[C@H](NC(=O)[C@H](N)CCCN=C(N)N)C(=O)N[C@@H](CCCCN)C(=O)N[C@@H](Cc1ccccc1)C(N)=O.O=C(O)C(F)(F)F. The smallest absolute Gasteiger partial charge is 0.490 e. The molecule has 53 heavy (non-hydrogen) atoms. The molecule has 4 atom stereocenters. The molecule has 0 saturated carbocycles. The molecule has 0 aliphatic rings. The number of aliphatic carboxylic acids is 1. The van der Waals surface area contributed by atoms with Crippen molar-refractivity contribution < 1.29 is 47.4 Å². The molecule has 19 heteroatoms. The van der Waals surface area contributed by atoms with E-state index in [0.717, 1.165) is 11.1 Å². The summed E-state index contributed by atoms with van der Waals surface area (Å²) in [4.78, 5) is 65.5. The number of nitrogens with zero attached hydrogens (tertiary/aromatic N) is 1. The van der Waals surface area contributed by atoms with E-state index in [1.54, 1.807) is 26.0 Å². The number of rotatable bonds is 19. The highest BCUT2D eigenvalue weighted by Gasteiger charge is 2.38. The first-order chi connectivity index (χ1) is 24.8. The quantitative estimate of drug-likeness (QED) is 0.0512. The second-order valence-corrected chi connectivity index (χ2v) is 12.2. The fourth-order valence-electron chi connectivity index (χ4n) is 5.01. The van der Waals surface area contributed by atoms with E-state index in [4.69, 9.17) is 38.6 Å². The van der Waals surface area contributed by atoms with E-state index >= 15 is 0 Å². The molecule has 0 aliphatic heterocycles. The third kappa shape index (κ3) is 17.6. The molecule has 2 aromatic carbocycles. The lowest BCUT2D eigenvalue weighted by atomic mass is 9.95. The Kier molecular flexibility index (Phi) is 19.3. The average molecular weight is 754 g/mol. The lowest BCUT2D eigenvalue weighted by molar-refractivity contribution is -0.192. The van der Waals surface area contributed by atoms with Crippen LogP contribution in [0.25, 0.3) is 0 Å². The van der Waals surface area contributed by atoms with Crippen LogP contribution in [0.5, 0.6) is 5.75 Å². The Hall–Kier alpha value is -5.43. The van der Waals surface area contributed by atoms with E-state index < -0.39 is 59.9 Å². The zero-order valence-electron chi connectivity index (χ0n) is 29.6. The van der Waals surface area contributed by atoms with Gasteiger partial charge in [-0.1, -0.05) is 30.3 Å². The van der Waals surface area contributed by atoms with Crippen LogP contribution in [-0.2, 0) is 36.8 Å². The van der Waals surface area contributed by atoms with E-state index in [2.05, 4.69) is 20.9 Å². The zero-order chi connectivity index (χ0) is 40.3. The van der Waals surface area contributed by atoms with Gasteiger partial charge in [-0.2, -0.15) is 13.2 Å². The number of carbonyl (C=O) groups is 5. The van der Waals surface area contributed by atoms with Crippen LogP contribution in [0.1, 0.15) is 54.4 Å². The van der Waals surface area contributed by atoms with Gasteiger partial charge in [0.2, 0.25) is 23.6 Å². The lowest BCUT2D eigenvalue weighted by Crippen LogP contribution is -2.58. The molecular formula is C34H50F3N9O7. The number of hydrogen-bond acceptors (Lipinski definition) is 9. The number of guanidine groups is 1. The Balaban J connectivity index is 0.00000181. The normalized spacial score (nSPS) is 13.2. The van der Waals surface area contributed by atoms with Crippen molar-refractivity contribution in [3.05, 3.63) is 64.7 Å². The van der Waals surface area contributed by atoms with Crippen molar-refractivity contribution in [2.45, 2.75) is 89.1 Å². The number of phenolic OH excluding ortho intramolecular Hbond substituents is 1. The van der Waals surface area contributed by atoms with E-state index in [-0.39, 0.29) is 43.9 Å². The molecule has 0 unspecified atom stereocenters. The number of nitrogens with two attached hydrogens (primary N) is 5. The van der Waals surface area contributed by atoms with Crippen molar-refractivity contribution in [1.82, 2.24) is 16.0 Å². The Labute approximate surface area is 305 Å². The molecule has 0 radical (unpaired) electrons. The number of carbonyl (C=O) groups excluding carboxylic acids is 4. The monoisotopic (exact) mass is 753 g/mol. The van der Waals surface area contributed by atoms with E-state index in [0.29, 0.717) is 36.9 Å². The topological polar surface area (TPSA) is 304 Å². The largest absolute Gasteiger partial charge is 0.508 e. The number of primary amides is 1. The van der Waals surface area contributed by atoms with Crippen LogP contribution in [0.3, 0.4) is 0 Å². The van der Waals surface area contributed by atoms with Gasteiger partial charge in [0.1, 0.15) is 23.9 Å². The van der Waals surface area contributed by atoms with Crippen molar-refractivity contribution >= 4 is 35.6 Å². The van der Waals surface area contributed by atoms with Crippen LogP contribution in [-0.4, -0.2) is 89.2 Å². The predicted molar refractivity (Wildman–Crippen MR) is 191 cm³/mol. The molecule has 294 valence electrons. The Bertz CT molecular complexity index is 1530. The van der Waals surface area contributed by atoms with Gasteiger partial charge < -0.3 is 54.8 Å². The number of phenols is 1. The number of carboxylic acids is 1. The number of unbranched alkanes of at least 4 members (excludes halogenated alkanes) is 1. The number of hydrogen-bond donors (Lipinski definition) is 10. The first kappa shape index (κ1) is 45.6. The fourth-order valence-corrected chi connectivity index (χ4v) is 5.01. The maximum Gasteiger partial charge on any atom is 0.490 e. The van der Waals surface area contributed by atoms with E-state index in [1.165, 1.54) is 0 Å². The number of nitrogens with one attached hydrogen (secondary N) is 3. The van der Waals surface area contributed by atoms with Crippen LogP contribution in [0.2, 0.25) is 0 Å². The predicted octanol–water partition coefficient (Wildman–Crippen LogP) is -0.123. The van der Waals surface area contributed by atoms with Crippen molar-refractivity contribution in [1.29, 1.82) is 0 Å². The number of carboxylic acid groups (broad SMARTS) is 1. The van der Waals surface area contributed by atoms with Crippen LogP contribution in [0.15, 0.2) is 47.5 Å². The number of halogens is 3. The summed E-state index contributed by atoms with van der Waals surface area (Å²) >= 11 is 0. The molecule has 0 fully saturated rings. The number of aliphatic imine (C=N–C) groups is 1. The maximum atomic E-state index is 13.8. The first-order valence-electron chi connectivity index (χ1n) is 16.6. The van der Waals surface area contributed by atoms with Crippen LogP contribution >= 0.6 is 0 Å². The maximum absolute atomic E-state index is 13.8. The summed E-state index contributed by atoms with van der Waals surface area (Å²) < 4.78 is 31.7. The second kappa shape index (κ2) is 22.5. The minimum absolute atomic E-state index is 0.0608. The van der Waals surface area contributed by atoms with Crippen molar-refractivity contribution in [3.8, 4) is 5.75 Å². The highest BCUT2D eigenvalue weighted by Crippen LogP contribution is 2.22. The number of aryl methyl sites for hydroxylation is 2. The summed E-state index contributed by atoms with van der Waals surface area (Å²) in [6.45, 7) is 4.25. The van der Waals surface area contributed by atoms with Gasteiger partial charge in [0.15, 0.2) is 5.96 Å². The lowest BCUT2D eigenvalue weighted by Gasteiger charge is -2.26. The summed E-state index contributed by atoms with van der Waals surface area (Å²) in [5, 5.41) is 25.3. The van der Waals surface area contributed by atoms with Gasteiger partial charge in [0.25, 0.3) is 0 Å². The molecule has 0 aromatic heterocycles. The molecule has 0 spiro atoms. The third-order valence-electron chi connectivity index (χ3n) is 7.79. The number of alkyl halides is 3. The summed E-state index contributed by atoms with van der Waals surface area (Å²) in [6.07, 6.45) is -2.81. The standard InChI is InChI=1S/C32H49N9O5.C2HF3O2/c1-19-15-22(42)16-20(2)23(19)18-27(41-29(44)24(34)11-8-14-38-32(36)37)31(46)39-25(12-6-7-13-33)30(45)40-26(28(35)43)17-21-9-4-3-5-10-21;3-2(4,5)1(6)7/h3-5,9-10,15-16,24-27,42H,6-8,11-14,17-18,33-34H2,1-2H3,(H2,35,43)(H,39,46)(H,40,45)(H,41,44)(H4,36,37,38);(H,6,7)/t24-,25+,26+,27+;/m1./s1. The summed E-state index contributed by atoms with van der Waals surface area (Å²) in [6, 6.07) is 8.07. The Morgan fingerprint density at radius 1 is 0.792 bits per heavy atom. The van der Waals surface area contributed by atoms with Gasteiger partial charge in [0, 0.05) is 19.4 Å². The summed E-state index contributed by atoms with van der Waals surface area (Å²) in [5.41, 5.74) is 31.1. The minimum Gasteiger partial charge on any atom is -0.508 e. The molecule has 15 N–H and O–H groups in total. The average Bonchev–Trinajstić information content (AvgIpc) is 3.06. The van der Waals surface area contributed by atoms with Crippen LogP contribution in [0.4, 0.5) is 13.2 Å². The molecule has 2 aromatic rings. The molecule has 2 rings (SSSR count). The van der Waals surface area contributed by atoms with Crippen molar-refractivity contribution in [3.63, 3.8) is 0 Å². The van der Waals surface area contributed by atoms with Gasteiger partial charge in [-0.15, -0.1) is 0 Å². The highest BCUT2D eigenvalue weighted by atomic mass is 19.4. The Morgan fingerprint density at radius 2 is 1.32 bits per heavy atom. The molecular weight excluding hydrogens is 703 g/mol.